The summed E-state index contributed by atoms with van der Waals surface area (Å²) in [5.74, 6) is 1.34. The summed E-state index contributed by atoms with van der Waals surface area (Å²) in [4.78, 5) is 13.1. The number of thioether (sulfide) groups is 1. The van der Waals surface area contributed by atoms with Crippen LogP contribution in [0.25, 0.3) is 0 Å². The quantitative estimate of drug-likeness (QED) is 0.746. The normalized spacial score (nSPS) is 11.7. The Hall–Kier alpha value is -1.94. The highest BCUT2D eigenvalue weighted by Gasteiger charge is 2.08. The van der Waals surface area contributed by atoms with E-state index in [1.54, 1.807) is 7.11 Å². The number of ether oxygens (including phenoxy) is 1. The molecule has 0 unspecified atom stereocenters. The van der Waals surface area contributed by atoms with Crippen LogP contribution in [-0.2, 0) is 11.2 Å². The molecule has 0 saturated heterocycles. The van der Waals surface area contributed by atoms with Gasteiger partial charge in [-0.1, -0.05) is 30.3 Å². The Morgan fingerprint density at radius 1 is 1.13 bits per heavy atom. The Kier molecular flexibility index (Phi) is 7.01. The van der Waals surface area contributed by atoms with Crippen molar-refractivity contribution in [1.82, 2.24) is 5.32 Å². The van der Waals surface area contributed by atoms with Gasteiger partial charge in [0, 0.05) is 10.9 Å². The zero-order chi connectivity index (χ0) is 16.5. The molecule has 0 aliphatic heterocycles. The van der Waals surface area contributed by atoms with Crippen molar-refractivity contribution in [1.29, 1.82) is 0 Å². The van der Waals surface area contributed by atoms with E-state index in [4.69, 9.17) is 4.74 Å². The van der Waals surface area contributed by atoms with Crippen LogP contribution in [0.15, 0.2) is 59.5 Å². The predicted molar refractivity (Wildman–Crippen MR) is 96.1 cm³/mol. The van der Waals surface area contributed by atoms with Crippen LogP contribution in [0.5, 0.6) is 5.75 Å². The molecule has 0 radical (unpaired) electrons. The molecule has 0 aliphatic rings. The zero-order valence-corrected chi connectivity index (χ0v) is 14.4. The van der Waals surface area contributed by atoms with E-state index in [-0.39, 0.29) is 11.9 Å². The van der Waals surface area contributed by atoms with Crippen molar-refractivity contribution in [3.8, 4) is 5.75 Å². The molecule has 2 aromatic rings. The molecule has 122 valence electrons. The van der Waals surface area contributed by atoms with Gasteiger partial charge < -0.3 is 10.1 Å². The second-order valence-corrected chi connectivity index (χ2v) is 6.51. The van der Waals surface area contributed by atoms with Crippen LogP contribution in [0.2, 0.25) is 0 Å². The number of rotatable bonds is 8. The number of hydrogen-bond acceptors (Lipinski definition) is 3. The molecule has 3 nitrogen and oxygen atoms in total. The van der Waals surface area contributed by atoms with Gasteiger partial charge in [0.1, 0.15) is 5.75 Å². The third-order valence-corrected chi connectivity index (χ3v) is 4.56. The Labute approximate surface area is 142 Å². The molecule has 1 amide bonds. The van der Waals surface area contributed by atoms with E-state index in [0.29, 0.717) is 5.75 Å². The van der Waals surface area contributed by atoms with Crippen LogP contribution < -0.4 is 10.1 Å². The van der Waals surface area contributed by atoms with E-state index < -0.39 is 0 Å². The number of carbonyl (C=O) groups is 1. The SMILES string of the molecule is COc1ccc(SCC(=O)N[C@@H](C)CCc2ccccc2)cc1. The van der Waals surface area contributed by atoms with E-state index >= 15 is 0 Å². The average Bonchev–Trinajstić information content (AvgIpc) is 2.59. The Balaban J connectivity index is 1.69. The topological polar surface area (TPSA) is 38.3 Å². The maximum Gasteiger partial charge on any atom is 0.230 e. The molecule has 23 heavy (non-hydrogen) atoms. The third-order valence-electron chi connectivity index (χ3n) is 3.55. The number of hydrogen-bond donors (Lipinski definition) is 1. The van der Waals surface area contributed by atoms with Crippen molar-refractivity contribution in [3.05, 3.63) is 60.2 Å². The number of carbonyl (C=O) groups excluding carboxylic acids is 1. The fourth-order valence-corrected chi connectivity index (χ4v) is 2.95. The molecule has 0 heterocycles. The first-order valence-electron chi connectivity index (χ1n) is 7.77. The van der Waals surface area contributed by atoms with Crippen LogP contribution in [0, 0.1) is 0 Å². The molecule has 4 heteroatoms. The van der Waals surface area contributed by atoms with Crippen LogP contribution in [0.1, 0.15) is 18.9 Å². The number of nitrogens with one attached hydrogen (secondary N) is 1. The van der Waals surface area contributed by atoms with Crippen LogP contribution in [0.4, 0.5) is 0 Å². The molecular weight excluding hydrogens is 306 g/mol. The molecule has 0 spiro atoms. The minimum atomic E-state index is 0.0754. The van der Waals surface area contributed by atoms with Gasteiger partial charge in [-0.25, -0.2) is 0 Å². The van der Waals surface area contributed by atoms with Gasteiger partial charge in [0.15, 0.2) is 0 Å². The lowest BCUT2D eigenvalue weighted by molar-refractivity contribution is -0.119. The van der Waals surface area contributed by atoms with Gasteiger partial charge in [-0.2, -0.15) is 0 Å². The fourth-order valence-electron chi connectivity index (χ4n) is 2.24. The van der Waals surface area contributed by atoms with Gasteiger partial charge in [-0.15, -0.1) is 11.8 Å². The lowest BCUT2D eigenvalue weighted by Crippen LogP contribution is -2.34. The summed E-state index contributed by atoms with van der Waals surface area (Å²) in [5.41, 5.74) is 1.31. The van der Waals surface area contributed by atoms with Crippen molar-refractivity contribution >= 4 is 17.7 Å². The first-order chi connectivity index (χ1) is 11.2. The number of amides is 1. The lowest BCUT2D eigenvalue weighted by Gasteiger charge is -2.14. The summed E-state index contributed by atoms with van der Waals surface area (Å²) >= 11 is 1.54. The van der Waals surface area contributed by atoms with Crippen LogP contribution in [0.3, 0.4) is 0 Å². The summed E-state index contributed by atoms with van der Waals surface area (Å²) in [7, 11) is 1.65. The molecule has 2 aromatic carbocycles. The molecule has 2 rings (SSSR count). The summed E-state index contributed by atoms with van der Waals surface area (Å²) in [6.07, 6.45) is 1.93. The minimum Gasteiger partial charge on any atom is -0.497 e. The smallest absolute Gasteiger partial charge is 0.230 e. The maximum atomic E-state index is 12.0. The highest BCUT2D eigenvalue weighted by atomic mass is 32.2. The van der Waals surface area contributed by atoms with Crippen molar-refractivity contribution in [2.75, 3.05) is 12.9 Å². The van der Waals surface area contributed by atoms with Gasteiger partial charge in [-0.05, 0) is 49.6 Å². The molecular formula is C19H23NO2S. The molecule has 1 atom stereocenters. The van der Waals surface area contributed by atoms with Crippen molar-refractivity contribution < 1.29 is 9.53 Å². The van der Waals surface area contributed by atoms with Crippen molar-refractivity contribution in [3.63, 3.8) is 0 Å². The molecule has 0 aliphatic carbocycles. The van der Waals surface area contributed by atoms with E-state index in [1.807, 2.05) is 42.5 Å². The van der Waals surface area contributed by atoms with E-state index in [9.17, 15) is 4.79 Å². The van der Waals surface area contributed by atoms with E-state index in [2.05, 4.69) is 24.4 Å². The number of methoxy groups -OCH3 is 1. The Morgan fingerprint density at radius 3 is 2.48 bits per heavy atom. The van der Waals surface area contributed by atoms with Crippen molar-refractivity contribution in [2.24, 2.45) is 0 Å². The first-order valence-corrected chi connectivity index (χ1v) is 8.76. The predicted octanol–water partition coefficient (Wildman–Crippen LogP) is 3.92. The molecule has 0 bridgehead atoms. The summed E-state index contributed by atoms with van der Waals surface area (Å²) in [6.45, 7) is 2.05. The van der Waals surface area contributed by atoms with Crippen molar-refractivity contribution in [2.45, 2.75) is 30.7 Å². The lowest BCUT2D eigenvalue weighted by atomic mass is 10.1. The second kappa shape index (κ2) is 9.26. The van der Waals surface area contributed by atoms with Gasteiger partial charge >= 0.3 is 0 Å². The molecule has 0 fully saturated rings. The van der Waals surface area contributed by atoms with Gasteiger partial charge in [0.2, 0.25) is 5.91 Å². The Morgan fingerprint density at radius 2 is 1.83 bits per heavy atom. The summed E-state index contributed by atoms with van der Waals surface area (Å²) in [6, 6.07) is 18.3. The maximum absolute atomic E-state index is 12.0. The third kappa shape index (κ3) is 6.37. The van der Waals surface area contributed by atoms with Gasteiger partial charge in [0.05, 0.1) is 12.9 Å². The van der Waals surface area contributed by atoms with Crippen LogP contribution >= 0.6 is 11.8 Å². The van der Waals surface area contributed by atoms with E-state index in [0.717, 1.165) is 23.5 Å². The summed E-state index contributed by atoms with van der Waals surface area (Å²) < 4.78 is 5.12. The minimum absolute atomic E-state index is 0.0754. The average molecular weight is 329 g/mol. The second-order valence-electron chi connectivity index (χ2n) is 5.46. The number of aryl methyl sites for hydroxylation is 1. The van der Waals surface area contributed by atoms with Crippen LogP contribution in [-0.4, -0.2) is 24.8 Å². The van der Waals surface area contributed by atoms with Gasteiger partial charge in [-0.3, -0.25) is 4.79 Å². The molecule has 1 N–H and O–H groups in total. The number of benzene rings is 2. The monoisotopic (exact) mass is 329 g/mol. The highest BCUT2D eigenvalue weighted by Crippen LogP contribution is 2.21. The summed E-state index contributed by atoms with van der Waals surface area (Å²) in [5, 5.41) is 3.06. The molecule has 0 aromatic heterocycles. The molecule has 0 saturated carbocycles. The highest BCUT2D eigenvalue weighted by molar-refractivity contribution is 8.00. The first kappa shape index (κ1) is 17.4. The van der Waals surface area contributed by atoms with E-state index in [1.165, 1.54) is 17.3 Å². The Bertz CT molecular complexity index is 599. The zero-order valence-electron chi connectivity index (χ0n) is 13.6. The fraction of sp³-hybridized carbons (Fsp3) is 0.316. The van der Waals surface area contributed by atoms with Gasteiger partial charge in [0.25, 0.3) is 0 Å². The largest absolute Gasteiger partial charge is 0.497 e. The standard InChI is InChI=1S/C19H23NO2S/c1-15(8-9-16-6-4-3-5-7-16)20-19(21)14-23-18-12-10-17(22-2)11-13-18/h3-7,10-13,15H,8-9,14H2,1-2H3,(H,20,21)/t15-/m0/s1.